The fourth-order valence-electron chi connectivity index (χ4n) is 3.45. The number of carbonyl (C=O) groups excluding carboxylic acids is 1. The molecule has 3 rings (SSSR count). The Morgan fingerprint density at radius 2 is 1.79 bits per heavy atom. The molecule has 1 amide bonds. The summed E-state index contributed by atoms with van der Waals surface area (Å²) in [5.41, 5.74) is 5.00. The van der Waals surface area contributed by atoms with Gasteiger partial charge >= 0.3 is 154 Å². The van der Waals surface area contributed by atoms with Crippen LogP contribution in [0.3, 0.4) is 0 Å². The van der Waals surface area contributed by atoms with Gasteiger partial charge in [0.2, 0.25) is 0 Å². The van der Waals surface area contributed by atoms with E-state index in [-0.39, 0.29) is 5.91 Å². The average Bonchev–Trinajstić information content (AvgIpc) is 2.92. The van der Waals surface area contributed by atoms with Crippen molar-refractivity contribution in [3.05, 3.63) is 53.6 Å². The number of hydrogen-bond donors (Lipinski definition) is 1. The summed E-state index contributed by atoms with van der Waals surface area (Å²) in [5.74, 6) is -1.56. The van der Waals surface area contributed by atoms with E-state index in [1.807, 2.05) is 13.0 Å². The SMILES string of the molecule is CCC(=O)[NH][Hf]([Cl])([Cl])([c]1cccc2c1Cc1ccccc1-2)[SiH](C)C. The van der Waals surface area contributed by atoms with Crippen LogP contribution in [0.2, 0.25) is 13.1 Å². The maximum atomic E-state index is 12.2. The van der Waals surface area contributed by atoms with Gasteiger partial charge in [-0.25, -0.2) is 0 Å². The van der Waals surface area contributed by atoms with Gasteiger partial charge in [0.15, 0.2) is 0 Å². The molecule has 0 bridgehead atoms. The Morgan fingerprint density at radius 1 is 1.12 bits per heavy atom. The Morgan fingerprint density at radius 3 is 2.46 bits per heavy atom. The Labute approximate surface area is 152 Å². The van der Waals surface area contributed by atoms with Gasteiger partial charge in [-0.05, 0) is 0 Å². The molecule has 6 heteroatoms. The Balaban J connectivity index is 2.21. The van der Waals surface area contributed by atoms with Crippen LogP contribution >= 0.6 is 17.2 Å². The van der Waals surface area contributed by atoms with Gasteiger partial charge in [0.25, 0.3) is 0 Å². The molecule has 1 aliphatic carbocycles. The van der Waals surface area contributed by atoms with Crippen molar-refractivity contribution < 1.29 is 20.4 Å². The normalized spacial score (nSPS) is 14.7. The molecule has 0 saturated heterocycles. The first-order chi connectivity index (χ1) is 11.3. The molecule has 0 heterocycles. The molecule has 2 aromatic rings. The van der Waals surface area contributed by atoms with Crippen molar-refractivity contribution in [1.29, 1.82) is 0 Å². The molecule has 2 aromatic carbocycles. The summed E-state index contributed by atoms with van der Waals surface area (Å²) in [5, 5.41) is 0. The van der Waals surface area contributed by atoms with E-state index in [1.165, 1.54) is 22.3 Å². The van der Waals surface area contributed by atoms with Gasteiger partial charge in [-0.3, -0.25) is 0 Å². The van der Waals surface area contributed by atoms with E-state index in [9.17, 15) is 4.79 Å². The molecule has 0 spiro atoms. The van der Waals surface area contributed by atoms with Crippen molar-refractivity contribution in [1.82, 2.24) is 3.30 Å². The molecule has 0 fully saturated rings. The minimum atomic E-state index is -4.69. The van der Waals surface area contributed by atoms with Crippen molar-refractivity contribution in [3.8, 4) is 11.1 Å². The van der Waals surface area contributed by atoms with Gasteiger partial charge in [0.05, 0.1) is 0 Å². The van der Waals surface area contributed by atoms with E-state index in [2.05, 4.69) is 52.8 Å². The molecule has 0 saturated carbocycles. The molecule has 0 unspecified atom stereocenters. The Bertz CT molecular complexity index is 822. The van der Waals surface area contributed by atoms with Crippen molar-refractivity contribution >= 4 is 32.4 Å². The average molecular weight is 546 g/mol. The third kappa shape index (κ3) is 2.85. The second-order valence-corrected chi connectivity index (χ2v) is 62.0. The second-order valence-electron chi connectivity index (χ2n) is 6.80. The summed E-state index contributed by atoms with van der Waals surface area (Å²) in [6, 6.07) is 14.7. The summed E-state index contributed by atoms with van der Waals surface area (Å²) in [7, 11) is 14.5. The standard InChI is InChI=1S/C13H9.C3H7NO.C2H7Si.2ClH.Hf/c1-3-7-12-10(5-1)9-11-6-2-4-8-13(11)12;1-2-3(4)5;1-3-2;;;/h1-5,7-8H,9H2;2H2,1H3,(H2,4,5);3H,1-2H3;2*1H;/q;;;;;+3/p-3. The molecule has 0 aromatic heterocycles. The molecule has 1 N–H and O–H groups in total. The summed E-state index contributed by atoms with van der Waals surface area (Å²) in [6.07, 6.45) is 1.25. The van der Waals surface area contributed by atoms with Crippen molar-refractivity contribution in [2.45, 2.75) is 32.9 Å². The number of benzene rings is 2. The molecule has 0 radical (unpaired) electrons. The van der Waals surface area contributed by atoms with Crippen LogP contribution in [0.25, 0.3) is 11.1 Å². The molecule has 127 valence electrons. The van der Waals surface area contributed by atoms with Crippen LogP contribution < -0.4 is 6.62 Å². The number of rotatable bonds is 4. The minimum absolute atomic E-state index is 0.0374. The van der Waals surface area contributed by atoms with E-state index in [1.54, 1.807) is 0 Å². The van der Waals surface area contributed by atoms with Crippen LogP contribution in [0.5, 0.6) is 0 Å². The molecular formula is C18H22Cl2HfNOSi. The predicted octanol–water partition coefficient (Wildman–Crippen LogP) is 4.30. The van der Waals surface area contributed by atoms with Crippen LogP contribution in [-0.4, -0.2) is 11.9 Å². The first-order valence-electron chi connectivity index (χ1n) is 8.36. The van der Waals surface area contributed by atoms with Crippen molar-refractivity contribution in [3.63, 3.8) is 0 Å². The number of fused-ring (bicyclic) bond motifs is 3. The van der Waals surface area contributed by atoms with Crippen LogP contribution in [0.4, 0.5) is 0 Å². The first kappa shape index (κ1) is 18.4. The Hall–Kier alpha value is -0.423. The monoisotopic (exact) mass is 546 g/mol. The van der Waals surface area contributed by atoms with Gasteiger partial charge in [-0.2, -0.15) is 0 Å². The van der Waals surface area contributed by atoms with Crippen molar-refractivity contribution in [2.24, 2.45) is 0 Å². The molecule has 0 atom stereocenters. The van der Waals surface area contributed by atoms with E-state index in [0.29, 0.717) is 6.42 Å². The van der Waals surface area contributed by atoms with E-state index < -0.39 is 21.6 Å². The van der Waals surface area contributed by atoms with E-state index in [0.717, 1.165) is 9.74 Å². The number of carbonyl (C=O) groups is 1. The molecule has 1 aliphatic rings. The van der Waals surface area contributed by atoms with Crippen LogP contribution in [0, 0.1) is 0 Å². The van der Waals surface area contributed by atoms with Gasteiger partial charge in [-0.15, -0.1) is 0 Å². The maximum absolute atomic E-state index is 12.2. The second kappa shape index (κ2) is 6.38. The fraction of sp³-hybridized carbons (Fsp3) is 0.278. The molecule has 0 aliphatic heterocycles. The van der Waals surface area contributed by atoms with Crippen LogP contribution in [-0.2, 0) is 26.8 Å². The van der Waals surface area contributed by atoms with Gasteiger partial charge in [0, 0.05) is 0 Å². The van der Waals surface area contributed by atoms with Crippen molar-refractivity contribution in [2.75, 3.05) is 0 Å². The van der Waals surface area contributed by atoms with Gasteiger partial charge in [-0.1, -0.05) is 0 Å². The van der Waals surface area contributed by atoms with Gasteiger partial charge < -0.3 is 0 Å². The van der Waals surface area contributed by atoms with E-state index in [4.69, 9.17) is 17.2 Å². The number of amides is 1. The summed E-state index contributed by atoms with van der Waals surface area (Å²) < 4.78 is 4.21. The zero-order valence-electron chi connectivity index (χ0n) is 14.2. The van der Waals surface area contributed by atoms with Crippen LogP contribution in [0.15, 0.2) is 42.5 Å². The third-order valence-corrected chi connectivity index (χ3v) is 66.8. The zero-order valence-corrected chi connectivity index (χ0v) is 20.5. The quantitative estimate of drug-likeness (QED) is 0.487. The van der Waals surface area contributed by atoms with Gasteiger partial charge in [0.1, 0.15) is 0 Å². The summed E-state index contributed by atoms with van der Waals surface area (Å²) in [4.78, 5) is 12.2. The zero-order chi connectivity index (χ0) is 17.6. The molecule has 2 nitrogen and oxygen atoms in total. The first-order valence-corrected chi connectivity index (χ1v) is 30.0. The fourth-order valence-corrected chi connectivity index (χ4v) is 29.5. The molecule has 24 heavy (non-hydrogen) atoms. The third-order valence-electron chi connectivity index (χ3n) is 5.05. The predicted molar refractivity (Wildman–Crippen MR) is 103 cm³/mol. The molecular weight excluding hydrogens is 524 g/mol. The summed E-state index contributed by atoms with van der Waals surface area (Å²) >= 11 is -4.69. The topological polar surface area (TPSA) is 29.1 Å². The van der Waals surface area contributed by atoms with Crippen LogP contribution in [0.1, 0.15) is 24.5 Å². The summed E-state index contributed by atoms with van der Waals surface area (Å²) in [6.45, 7) is 6.16. The Kier molecular flexibility index (Phi) is 4.89. The number of hydrogen-bond acceptors (Lipinski definition) is 1. The number of halogens is 2. The van der Waals surface area contributed by atoms with E-state index >= 15 is 0 Å². The number of nitrogens with one attached hydrogen (secondary N) is 1.